The van der Waals surface area contributed by atoms with Crippen LogP contribution in [0.25, 0.3) is 0 Å². The molecule has 0 aliphatic rings. The summed E-state index contributed by atoms with van der Waals surface area (Å²) in [6.45, 7) is 6.08. The Morgan fingerprint density at radius 1 is 1.16 bits per heavy atom. The van der Waals surface area contributed by atoms with Crippen LogP contribution < -0.4 is 5.32 Å². The van der Waals surface area contributed by atoms with Crippen molar-refractivity contribution in [1.82, 2.24) is 20.1 Å². The Labute approximate surface area is 114 Å². The number of nitrogens with zero attached hydrogens (tertiary/aromatic N) is 3. The second-order valence-electron chi connectivity index (χ2n) is 4.64. The van der Waals surface area contributed by atoms with Gasteiger partial charge in [0.15, 0.2) is 0 Å². The second-order valence-corrected chi connectivity index (χ2v) is 4.64. The summed E-state index contributed by atoms with van der Waals surface area (Å²) in [5.74, 6) is 1.06. The van der Waals surface area contributed by atoms with E-state index in [1.807, 2.05) is 4.68 Å². The van der Waals surface area contributed by atoms with Crippen molar-refractivity contribution in [3.63, 3.8) is 0 Å². The lowest BCUT2D eigenvalue weighted by molar-refractivity contribution is 0.490. The molecule has 1 N–H and O–H groups in total. The highest BCUT2D eigenvalue weighted by Crippen LogP contribution is 2.07. The molecule has 0 fully saturated rings. The van der Waals surface area contributed by atoms with Crippen molar-refractivity contribution < 1.29 is 0 Å². The van der Waals surface area contributed by atoms with Gasteiger partial charge in [-0.1, -0.05) is 37.3 Å². The van der Waals surface area contributed by atoms with Gasteiger partial charge in [-0.15, -0.1) is 0 Å². The molecule has 1 atom stereocenters. The van der Waals surface area contributed by atoms with E-state index in [0.29, 0.717) is 6.04 Å². The van der Waals surface area contributed by atoms with Crippen molar-refractivity contribution in [2.45, 2.75) is 39.3 Å². The minimum atomic E-state index is 0.405. The van der Waals surface area contributed by atoms with Crippen LogP contribution >= 0.6 is 0 Å². The van der Waals surface area contributed by atoms with E-state index in [1.54, 1.807) is 6.33 Å². The molecule has 0 radical (unpaired) electrons. The van der Waals surface area contributed by atoms with Gasteiger partial charge in [0, 0.05) is 19.0 Å². The summed E-state index contributed by atoms with van der Waals surface area (Å²) in [7, 11) is 0. The molecule has 19 heavy (non-hydrogen) atoms. The predicted octanol–water partition coefficient (Wildman–Crippen LogP) is 2.06. The number of aryl methyl sites for hydroxylation is 1. The number of nitrogens with one attached hydrogen (secondary N) is 1. The summed E-state index contributed by atoms with van der Waals surface area (Å²) in [5.41, 5.74) is 1.36. The molecule has 1 unspecified atom stereocenters. The first kappa shape index (κ1) is 13.7. The second kappa shape index (κ2) is 7.04. The van der Waals surface area contributed by atoms with Crippen molar-refractivity contribution in [1.29, 1.82) is 0 Å². The summed E-state index contributed by atoms with van der Waals surface area (Å²) in [6, 6.07) is 11.0. The molecule has 1 aromatic heterocycles. The number of hydrogen-bond acceptors (Lipinski definition) is 3. The fraction of sp³-hybridized carbons (Fsp3) is 0.467. The molecular formula is C15H22N4. The molecule has 4 nitrogen and oxygen atoms in total. The van der Waals surface area contributed by atoms with Gasteiger partial charge in [-0.2, -0.15) is 5.10 Å². The first-order valence-electron chi connectivity index (χ1n) is 6.97. The molecule has 0 spiro atoms. The summed E-state index contributed by atoms with van der Waals surface area (Å²) < 4.78 is 1.97. The van der Waals surface area contributed by atoms with E-state index in [2.05, 4.69) is 59.6 Å². The monoisotopic (exact) mass is 258 g/mol. The van der Waals surface area contributed by atoms with Crippen LogP contribution in [0.4, 0.5) is 0 Å². The third-order valence-corrected chi connectivity index (χ3v) is 3.24. The zero-order valence-electron chi connectivity index (χ0n) is 11.7. The quantitative estimate of drug-likeness (QED) is 0.826. The van der Waals surface area contributed by atoms with Gasteiger partial charge < -0.3 is 5.32 Å². The molecule has 2 aromatic rings. The first-order valence-corrected chi connectivity index (χ1v) is 6.97. The Morgan fingerprint density at radius 2 is 1.95 bits per heavy atom. The van der Waals surface area contributed by atoms with E-state index < -0.39 is 0 Å². The zero-order chi connectivity index (χ0) is 13.5. The lowest BCUT2D eigenvalue weighted by atomic mass is 10.0. The lowest BCUT2D eigenvalue weighted by Gasteiger charge is -2.17. The van der Waals surface area contributed by atoms with E-state index in [9.17, 15) is 0 Å². The Kier molecular flexibility index (Phi) is 5.10. The molecule has 1 aromatic carbocycles. The van der Waals surface area contributed by atoms with Crippen LogP contribution in [-0.2, 0) is 19.4 Å². The van der Waals surface area contributed by atoms with Gasteiger partial charge in [0.2, 0.25) is 0 Å². The normalized spacial score (nSPS) is 12.5. The molecule has 0 amide bonds. The average molecular weight is 258 g/mol. The fourth-order valence-electron chi connectivity index (χ4n) is 2.33. The number of aromatic nitrogens is 3. The van der Waals surface area contributed by atoms with E-state index in [-0.39, 0.29) is 0 Å². The maximum Gasteiger partial charge on any atom is 0.138 e. The molecule has 4 heteroatoms. The van der Waals surface area contributed by atoms with Crippen molar-refractivity contribution >= 4 is 0 Å². The molecule has 102 valence electrons. The fourth-order valence-corrected chi connectivity index (χ4v) is 2.33. The smallest absolute Gasteiger partial charge is 0.138 e. The van der Waals surface area contributed by atoms with Crippen LogP contribution in [0.15, 0.2) is 36.7 Å². The van der Waals surface area contributed by atoms with E-state index in [4.69, 9.17) is 0 Å². The van der Waals surface area contributed by atoms with Crippen LogP contribution in [0.5, 0.6) is 0 Å². The van der Waals surface area contributed by atoms with E-state index in [1.165, 1.54) is 5.56 Å². The number of benzene rings is 1. The Bertz CT molecular complexity index is 478. The Hall–Kier alpha value is -1.68. The average Bonchev–Trinajstić information content (AvgIpc) is 2.87. The SMILES string of the molecule is CCNC(Cc1ccccc1)Cc1ncnn1CC. The highest BCUT2D eigenvalue weighted by atomic mass is 15.3. The molecule has 2 rings (SSSR count). The van der Waals surface area contributed by atoms with E-state index >= 15 is 0 Å². The lowest BCUT2D eigenvalue weighted by Crippen LogP contribution is -2.34. The largest absolute Gasteiger partial charge is 0.313 e. The predicted molar refractivity (Wildman–Crippen MR) is 77.0 cm³/mol. The first-order chi connectivity index (χ1) is 9.33. The molecular weight excluding hydrogens is 236 g/mol. The summed E-state index contributed by atoms with van der Waals surface area (Å²) in [4.78, 5) is 4.36. The van der Waals surface area contributed by atoms with Crippen LogP contribution in [0.3, 0.4) is 0 Å². The molecule has 0 saturated carbocycles. The molecule has 0 saturated heterocycles. The Balaban J connectivity index is 2.04. The molecule has 0 aliphatic carbocycles. The maximum absolute atomic E-state index is 4.36. The molecule has 1 heterocycles. The van der Waals surface area contributed by atoms with Crippen LogP contribution in [0.2, 0.25) is 0 Å². The number of rotatable bonds is 7. The third-order valence-electron chi connectivity index (χ3n) is 3.24. The van der Waals surface area contributed by atoms with Gasteiger partial charge in [-0.25, -0.2) is 4.98 Å². The standard InChI is InChI=1S/C15H22N4/c1-3-16-14(10-13-8-6-5-7-9-13)11-15-17-12-18-19(15)4-2/h5-9,12,14,16H,3-4,10-11H2,1-2H3. The Morgan fingerprint density at radius 3 is 2.63 bits per heavy atom. The molecule has 0 aliphatic heterocycles. The van der Waals surface area contributed by atoms with Crippen molar-refractivity contribution in [3.8, 4) is 0 Å². The maximum atomic E-state index is 4.36. The number of likely N-dealkylation sites (N-methyl/N-ethyl adjacent to an activating group) is 1. The van der Waals surface area contributed by atoms with E-state index in [0.717, 1.165) is 31.8 Å². The van der Waals surface area contributed by atoms with Crippen molar-refractivity contribution in [2.24, 2.45) is 0 Å². The minimum Gasteiger partial charge on any atom is -0.313 e. The van der Waals surface area contributed by atoms with Crippen molar-refractivity contribution in [2.75, 3.05) is 6.54 Å². The minimum absolute atomic E-state index is 0.405. The van der Waals surface area contributed by atoms with Gasteiger partial charge in [-0.05, 0) is 25.5 Å². The third kappa shape index (κ3) is 3.89. The summed E-state index contributed by atoms with van der Waals surface area (Å²) >= 11 is 0. The van der Waals surface area contributed by atoms with Crippen molar-refractivity contribution in [3.05, 3.63) is 48.0 Å². The number of hydrogen-bond donors (Lipinski definition) is 1. The van der Waals surface area contributed by atoms with Crippen LogP contribution in [0.1, 0.15) is 25.2 Å². The molecule has 0 bridgehead atoms. The van der Waals surface area contributed by atoms with Gasteiger partial charge in [0.05, 0.1) is 0 Å². The highest BCUT2D eigenvalue weighted by Gasteiger charge is 2.13. The van der Waals surface area contributed by atoms with Gasteiger partial charge >= 0.3 is 0 Å². The highest BCUT2D eigenvalue weighted by molar-refractivity contribution is 5.16. The van der Waals surface area contributed by atoms with Gasteiger partial charge in [0.25, 0.3) is 0 Å². The van der Waals surface area contributed by atoms with Crippen LogP contribution in [0, 0.1) is 0 Å². The summed E-state index contributed by atoms with van der Waals surface area (Å²) in [5, 5.41) is 7.77. The van der Waals surface area contributed by atoms with Crippen LogP contribution in [-0.4, -0.2) is 27.4 Å². The summed E-state index contributed by atoms with van der Waals surface area (Å²) in [6.07, 6.45) is 3.58. The zero-order valence-corrected chi connectivity index (χ0v) is 11.7. The van der Waals surface area contributed by atoms with Gasteiger partial charge in [0.1, 0.15) is 12.2 Å². The van der Waals surface area contributed by atoms with Gasteiger partial charge in [-0.3, -0.25) is 4.68 Å². The topological polar surface area (TPSA) is 42.7 Å².